The SMILES string of the molecule is Cc1ccccc1C(=O)Oc1cccccc1=O. The summed E-state index contributed by atoms with van der Waals surface area (Å²) in [5.41, 5.74) is 0.959. The lowest BCUT2D eigenvalue weighted by Gasteiger charge is -2.04. The van der Waals surface area contributed by atoms with Gasteiger partial charge in [0.1, 0.15) is 0 Å². The highest BCUT2D eigenvalue weighted by atomic mass is 16.5. The van der Waals surface area contributed by atoms with Crippen molar-refractivity contribution in [2.45, 2.75) is 6.92 Å². The highest BCUT2D eigenvalue weighted by Gasteiger charge is 2.11. The first-order valence-electron chi connectivity index (χ1n) is 5.55. The molecule has 0 saturated heterocycles. The Labute approximate surface area is 105 Å². The first-order valence-corrected chi connectivity index (χ1v) is 5.55. The monoisotopic (exact) mass is 240 g/mol. The fraction of sp³-hybridized carbons (Fsp3) is 0.0667. The predicted molar refractivity (Wildman–Crippen MR) is 68.8 cm³/mol. The van der Waals surface area contributed by atoms with E-state index in [2.05, 4.69) is 0 Å². The van der Waals surface area contributed by atoms with Gasteiger partial charge >= 0.3 is 5.97 Å². The first-order chi connectivity index (χ1) is 8.68. The number of ether oxygens (including phenoxy) is 1. The molecule has 0 aliphatic carbocycles. The summed E-state index contributed by atoms with van der Waals surface area (Å²) in [5, 5.41) is 0. The Balaban J connectivity index is 2.31. The zero-order valence-electron chi connectivity index (χ0n) is 9.92. The fourth-order valence-corrected chi connectivity index (χ4v) is 1.56. The normalized spacial score (nSPS) is 9.83. The van der Waals surface area contributed by atoms with Gasteiger partial charge in [0.15, 0.2) is 5.75 Å². The van der Waals surface area contributed by atoms with Gasteiger partial charge < -0.3 is 4.74 Å². The van der Waals surface area contributed by atoms with E-state index in [-0.39, 0.29) is 11.2 Å². The van der Waals surface area contributed by atoms with Crippen LogP contribution in [-0.2, 0) is 0 Å². The summed E-state index contributed by atoms with van der Waals surface area (Å²) in [6.07, 6.45) is 0. The molecule has 0 aromatic heterocycles. The molecule has 0 N–H and O–H groups in total. The minimum atomic E-state index is -0.517. The van der Waals surface area contributed by atoms with Gasteiger partial charge in [-0.2, -0.15) is 0 Å². The van der Waals surface area contributed by atoms with Gasteiger partial charge in [0.2, 0.25) is 5.43 Å². The Hall–Kier alpha value is -2.42. The van der Waals surface area contributed by atoms with Gasteiger partial charge in [0.05, 0.1) is 5.56 Å². The quantitative estimate of drug-likeness (QED) is 0.758. The minimum absolute atomic E-state index is 0.0354. The molecule has 0 saturated carbocycles. The van der Waals surface area contributed by atoms with Crippen LogP contribution in [0.4, 0.5) is 0 Å². The van der Waals surface area contributed by atoms with Crippen LogP contribution >= 0.6 is 0 Å². The molecule has 0 amide bonds. The van der Waals surface area contributed by atoms with Crippen LogP contribution in [0.25, 0.3) is 0 Å². The Kier molecular flexibility index (Phi) is 3.53. The largest absolute Gasteiger partial charge is 0.419 e. The molecule has 0 spiro atoms. The highest BCUT2D eigenvalue weighted by Crippen LogP contribution is 2.10. The molecule has 90 valence electrons. The van der Waals surface area contributed by atoms with Gasteiger partial charge in [-0.05, 0) is 30.7 Å². The second kappa shape index (κ2) is 5.27. The average molecular weight is 240 g/mol. The summed E-state index contributed by atoms with van der Waals surface area (Å²) in [5.74, 6) is -0.482. The number of rotatable bonds is 2. The van der Waals surface area contributed by atoms with Crippen LogP contribution in [0.3, 0.4) is 0 Å². The summed E-state index contributed by atoms with van der Waals surface area (Å²) >= 11 is 0. The van der Waals surface area contributed by atoms with Crippen LogP contribution in [0.1, 0.15) is 15.9 Å². The maximum atomic E-state index is 11.9. The second-order valence-electron chi connectivity index (χ2n) is 3.84. The lowest BCUT2D eigenvalue weighted by atomic mass is 10.1. The van der Waals surface area contributed by atoms with Crippen molar-refractivity contribution in [3.63, 3.8) is 0 Å². The van der Waals surface area contributed by atoms with Crippen LogP contribution in [0.15, 0.2) is 59.4 Å². The molecule has 3 nitrogen and oxygen atoms in total. The van der Waals surface area contributed by atoms with E-state index < -0.39 is 5.97 Å². The summed E-state index contributed by atoms with van der Waals surface area (Å²) in [6, 6.07) is 14.9. The van der Waals surface area contributed by atoms with E-state index >= 15 is 0 Å². The fourth-order valence-electron chi connectivity index (χ4n) is 1.56. The molecule has 0 aliphatic heterocycles. The molecule has 0 unspecified atom stereocenters. The minimum Gasteiger partial charge on any atom is -0.419 e. The smallest absolute Gasteiger partial charge is 0.343 e. The van der Waals surface area contributed by atoms with Crippen LogP contribution in [-0.4, -0.2) is 5.97 Å². The zero-order chi connectivity index (χ0) is 13.0. The Morgan fingerprint density at radius 3 is 2.39 bits per heavy atom. The maximum Gasteiger partial charge on any atom is 0.343 e. The van der Waals surface area contributed by atoms with Gasteiger partial charge in [-0.3, -0.25) is 4.79 Å². The van der Waals surface area contributed by atoms with Gasteiger partial charge in [0.25, 0.3) is 0 Å². The summed E-state index contributed by atoms with van der Waals surface area (Å²) < 4.78 is 5.12. The molecular formula is C15H12O3. The standard InChI is InChI=1S/C15H12O3/c1-11-7-5-6-8-12(11)15(17)18-14-10-4-2-3-9-13(14)16/h2-10H,1H3. The summed E-state index contributed by atoms with van der Waals surface area (Å²) in [7, 11) is 0. The van der Waals surface area contributed by atoms with Gasteiger partial charge in [0, 0.05) is 0 Å². The lowest BCUT2D eigenvalue weighted by molar-refractivity contribution is 0.0732. The molecule has 0 bridgehead atoms. The number of esters is 1. The third-order valence-electron chi connectivity index (χ3n) is 2.53. The van der Waals surface area contributed by atoms with Crippen molar-refractivity contribution < 1.29 is 9.53 Å². The van der Waals surface area contributed by atoms with E-state index in [4.69, 9.17) is 4.74 Å². The molecule has 2 aromatic carbocycles. The number of benzene rings is 1. The van der Waals surface area contributed by atoms with Crippen molar-refractivity contribution in [2.75, 3.05) is 0 Å². The van der Waals surface area contributed by atoms with Crippen LogP contribution in [0.2, 0.25) is 0 Å². The van der Waals surface area contributed by atoms with Crippen molar-refractivity contribution in [1.82, 2.24) is 0 Å². The van der Waals surface area contributed by atoms with Gasteiger partial charge in [-0.1, -0.05) is 36.4 Å². The molecule has 2 aromatic rings. The number of hydrogen-bond donors (Lipinski definition) is 0. The predicted octanol–water partition coefficient (Wildman–Crippen LogP) is 2.57. The third-order valence-corrected chi connectivity index (χ3v) is 2.53. The summed E-state index contributed by atoms with van der Waals surface area (Å²) in [4.78, 5) is 23.5. The molecule has 3 heteroatoms. The van der Waals surface area contributed by atoms with E-state index in [0.717, 1.165) is 5.56 Å². The maximum absolute atomic E-state index is 11.9. The molecule has 0 heterocycles. The van der Waals surface area contributed by atoms with E-state index in [1.54, 1.807) is 30.3 Å². The molecule has 0 aliphatic rings. The molecule has 18 heavy (non-hydrogen) atoms. The highest BCUT2D eigenvalue weighted by molar-refractivity contribution is 5.92. The Morgan fingerprint density at radius 2 is 1.61 bits per heavy atom. The van der Waals surface area contributed by atoms with Crippen molar-refractivity contribution in [1.29, 1.82) is 0 Å². The third kappa shape index (κ3) is 2.63. The molecule has 0 radical (unpaired) electrons. The second-order valence-corrected chi connectivity index (χ2v) is 3.84. The van der Waals surface area contributed by atoms with Crippen molar-refractivity contribution in [2.24, 2.45) is 0 Å². The molecule has 2 rings (SSSR count). The molecule has 0 fully saturated rings. The van der Waals surface area contributed by atoms with E-state index in [9.17, 15) is 9.59 Å². The molecule has 0 atom stereocenters. The van der Waals surface area contributed by atoms with Crippen LogP contribution in [0.5, 0.6) is 5.75 Å². The summed E-state index contributed by atoms with van der Waals surface area (Å²) in [6.45, 7) is 1.82. The first kappa shape index (κ1) is 12.0. The topological polar surface area (TPSA) is 43.4 Å². The average Bonchev–Trinajstić information content (AvgIpc) is 2.55. The zero-order valence-corrected chi connectivity index (χ0v) is 9.92. The number of hydrogen-bond acceptors (Lipinski definition) is 3. The van der Waals surface area contributed by atoms with E-state index in [0.29, 0.717) is 5.56 Å². The van der Waals surface area contributed by atoms with E-state index in [1.165, 1.54) is 12.1 Å². The van der Waals surface area contributed by atoms with Crippen LogP contribution in [0, 0.1) is 6.92 Å². The Bertz CT molecular complexity index is 632. The lowest BCUT2D eigenvalue weighted by Crippen LogP contribution is -2.14. The van der Waals surface area contributed by atoms with Crippen molar-refractivity contribution in [3.05, 3.63) is 75.9 Å². The number of carbonyl (C=O) groups excluding carboxylic acids is 1. The number of carbonyl (C=O) groups is 1. The number of aryl methyl sites for hydroxylation is 1. The van der Waals surface area contributed by atoms with E-state index in [1.807, 2.05) is 19.1 Å². The van der Waals surface area contributed by atoms with Crippen molar-refractivity contribution in [3.8, 4) is 5.75 Å². The van der Waals surface area contributed by atoms with Crippen molar-refractivity contribution >= 4 is 5.97 Å². The van der Waals surface area contributed by atoms with Gasteiger partial charge in [-0.25, -0.2) is 4.79 Å². The Morgan fingerprint density at radius 1 is 0.944 bits per heavy atom. The van der Waals surface area contributed by atoms with Gasteiger partial charge in [-0.15, -0.1) is 0 Å². The molecular weight excluding hydrogens is 228 g/mol. The van der Waals surface area contributed by atoms with Crippen LogP contribution < -0.4 is 10.2 Å².